The standard InChI is InChI=1S/C32H32BrN3O4S/c1-6-11-25-28(31(38)40-7-2)29(24-18-22(33)14-15-26(24)39-5)36-30(37)27(41-32(36)34-25)17-21-16-19(3)35(20(21)4)23-12-9-8-10-13-23/h8-10,12-18,29H,6-7,11H2,1-5H3/b27-17+/t29-/m1/s1. The summed E-state index contributed by atoms with van der Waals surface area (Å²) in [4.78, 5) is 33.1. The summed E-state index contributed by atoms with van der Waals surface area (Å²) in [7, 11) is 1.58. The third-order valence-corrected chi connectivity index (χ3v) is 8.63. The highest BCUT2D eigenvalue weighted by atomic mass is 79.9. The Kier molecular flexibility index (Phi) is 8.47. The molecule has 1 atom stereocenters. The van der Waals surface area contributed by atoms with Crippen LogP contribution in [0.15, 0.2) is 80.1 Å². The zero-order valence-electron chi connectivity index (χ0n) is 23.7. The van der Waals surface area contributed by atoms with Gasteiger partial charge in [-0.2, -0.15) is 0 Å². The number of halogens is 1. The van der Waals surface area contributed by atoms with Gasteiger partial charge < -0.3 is 14.0 Å². The summed E-state index contributed by atoms with van der Waals surface area (Å²) in [5.41, 5.74) is 5.58. The molecule has 0 bridgehead atoms. The van der Waals surface area contributed by atoms with Crippen LogP contribution in [0.5, 0.6) is 5.75 Å². The number of hydrogen-bond acceptors (Lipinski definition) is 6. The molecule has 0 N–H and O–H groups in total. The van der Waals surface area contributed by atoms with E-state index in [0.29, 0.717) is 38.3 Å². The predicted octanol–water partition coefficient (Wildman–Crippen LogP) is 5.76. The van der Waals surface area contributed by atoms with E-state index < -0.39 is 12.0 Å². The molecule has 0 saturated heterocycles. The smallest absolute Gasteiger partial charge is 0.338 e. The number of ether oxygens (including phenoxy) is 2. The largest absolute Gasteiger partial charge is 0.496 e. The Hall–Kier alpha value is -3.69. The SMILES string of the molecule is CCCC1=C(C(=O)OCC)[C@@H](c2cc(Br)ccc2OC)n2c(s/c(=C/c3cc(C)n(-c4ccccc4)c3C)c2=O)=N1. The van der Waals surface area contributed by atoms with Gasteiger partial charge in [0.05, 0.1) is 29.5 Å². The maximum Gasteiger partial charge on any atom is 0.338 e. The highest BCUT2D eigenvalue weighted by Crippen LogP contribution is 2.38. The summed E-state index contributed by atoms with van der Waals surface area (Å²) < 4.78 is 16.4. The molecule has 0 saturated carbocycles. The van der Waals surface area contributed by atoms with Gasteiger partial charge in [-0.05, 0) is 75.2 Å². The van der Waals surface area contributed by atoms with Crippen LogP contribution < -0.4 is 19.6 Å². The molecule has 0 unspecified atom stereocenters. The van der Waals surface area contributed by atoms with Crippen molar-refractivity contribution in [2.24, 2.45) is 4.99 Å². The quantitative estimate of drug-likeness (QED) is 0.231. The van der Waals surface area contributed by atoms with Gasteiger partial charge >= 0.3 is 5.97 Å². The molecular weight excluding hydrogens is 602 g/mol. The van der Waals surface area contributed by atoms with E-state index in [4.69, 9.17) is 14.5 Å². The molecule has 1 aliphatic rings. The van der Waals surface area contributed by atoms with Crippen molar-refractivity contribution in [1.29, 1.82) is 0 Å². The number of hydrogen-bond donors (Lipinski definition) is 0. The molecule has 0 radical (unpaired) electrons. The molecule has 0 spiro atoms. The molecule has 0 amide bonds. The second-order valence-electron chi connectivity index (χ2n) is 9.80. The van der Waals surface area contributed by atoms with Crippen molar-refractivity contribution in [2.75, 3.05) is 13.7 Å². The predicted molar refractivity (Wildman–Crippen MR) is 166 cm³/mol. The van der Waals surface area contributed by atoms with E-state index in [1.807, 2.05) is 49.4 Å². The van der Waals surface area contributed by atoms with E-state index in [-0.39, 0.29) is 12.2 Å². The van der Waals surface area contributed by atoms with Crippen molar-refractivity contribution >= 4 is 39.3 Å². The molecule has 5 rings (SSSR count). The average molecular weight is 635 g/mol. The second-order valence-corrected chi connectivity index (χ2v) is 11.7. The van der Waals surface area contributed by atoms with E-state index in [9.17, 15) is 9.59 Å². The Labute approximate surface area is 251 Å². The lowest BCUT2D eigenvalue weighted by molar-refractivity contribution is -0.139. The van der Waals surface area contributed by atoms with Gasteiger partial charge in [0.25, 0.3) is 5.56 Å². The first-order chi connectivity index (χ1) is 19.8. The van der Waals surface area contributed by atoms with Crippen LogP contribution in [0, 0.1) is 13.8 Å². The molecule has 2 aromatic carbocycles. The molecule has 3 heterocycles. The highest BCUT2D eigenvalue weighted by Gasteiger charge is 2.36. The van der Waals surface area contributed by atoms with Crippen LogP contribution in [0.3, 0.4) is 0 Å². The molecule has 4 aromatic rings. The number of benzene rings is 2. The summed E-state index contributed by atoms with van der Waals surface area (Å²) in [5, 5.41) is 0. The average Bonchev–Trinajstić information content (AvgIpc) is 3.42. The van der Waals surface area contributed by atoms with E-state index in [2.05, 4.69) is 52.5 Å². The first-order valence-corrected chi connectivity index (χ1v) is 15.2. The fourth-order valence-corrected chi connectivity index (χ4v) is 6.77. The van der Waals surface area contributed by atoms with Crippen LogP contribution in [0.2, 0.25) is 0 Å². The van der Waals surface area contributed by atoms with E-state index >= 15 is 0 Å². The van der Waals surface area contributed by atoms with Gasteiger partial charge in [0.15, 0.2) is 4.80 Å². The van der Waals surface area contributed by atoms with Gasteiger partial charge in [0, 0.05) is 27.1 Å². The van der Waals surface area contributed by atoms with Crippen molar-refractivity contribution in [2.45, 2.75) is 46.6 Å². The van der Waals surface area contributed by atoms with Gasteiger partial charge in [-0.15, -0.1) is 0 Å². The van der Waals surface area contributed by atoms with Crippen LogP contribution in [-0.2, 0) is 9.53 Å². The molecule has 212 valence electrons. The lowest BCUT2D eigenvalue weighted by Gasteiger charge is -2.27. The minimum absolute atomic E-state index is 0.214. The minimum atomic E-state index is -0.752. The van der Waals surface area contributed by atoms with E-state index in [1.165, 1.54) is 11.3 Å². The molecule has 1 aliphatic heterocycles. The van der Waals surface area contributed by atoms with Crippen molar-refractivity contribution in [3.63, 3.8) is 0 Å². The minimum Gasteiger partial charge on any atom is -0.496 e. The number of rotatable bonds is 8. The van der Waals surface area contributed by atoms with Crippen molar-refractivity contribution < 1.29 is 14.3 Å². The number of carbonyl (C=O) groups excluding carboxylic acids is 1. The van der Waals surface area contributed by atoms with Crippen LogP contribution in [0.25, 0.3) is 11.8 Å². The van der Waals surface area contributed by atoms with E-state index in [0.717, 1.165) is 33.5 Å². The van der Waals surface area contributed by atoms with Gasteiger partial charge in [0.2, 0.25) is 0 Å². The number of fused-ring (bicyclic) bond motifs is 1. The number of thiazole rings is 1. The lowest BCUT2D eigenvalue weighted by Crippen LogP contribution is -2.40. The summed E-state index contributed by atoms with van der Waals surface area (Å²) in [6.45, 7) is 8.13. The monoisotopic (exact) mass is 633 g/mol. The third-order valence-electron chi connectivity index (χ3n) is 7.15. The Bertz CT molecular complexity index is 1830. The number of aryl methyl sites for hydroxylation is 1. The number of esters is 1. The van der Waals surface area contributed by atoms with Crippen LogP contribution in [0.1, 0.15) is 55.2 Å². The van der Waals surface area contributed by atoms with Gasteiger partial charge in [-0.25, -0.2) is 9.79 Å². The molecule has 41 heavy (non-hydrogen) atoms. The number of para-hydroxylation sites is 1. The topological polar surface area (TPSA) is 74.8 Å². The molecule has 0 aliphatic carbocycles. The zero-order chi connectivity index (χ0) is 29.3. The Morgan fingerprint density at radius 2 is 1.88 bits per heavy atom. The molecule has 0 fully saturated rings. The summed E-state index contributed by atoms with van der Waals surface area (Å²) in [5.74, 6) is 0.0890. The Balaban J connectivity index is 1.77. The number of carbonyl (C=O) groups is 1. The van der Waals surface area contributed by atoms with Crippen LogP contribution >= 0.6 is 27.3 Å². The lowest BCUT2D eigenvalue weighted by atomic mass is 9.93. The number of allylic oxidation sites excluding steroid dienone is 1. The normalized spacial score (nSPS) is 15.1. The molecular formula is C32H32BrN3O4S. The zero-order valence-corrected chi connectivity index (χ0v) is 26.1. The van der Waals surface area contributed by atoms with E-state index in [1.54, 1.807) is 18.6 Å². The summed E-state index contributed by atoms with van der Waals surface area (Å²) in [6.07, 6.45) is 3.28. The second kappa shape index (κ2) is 12.0. The Morgan fingerprint density at radius 3 is 2.56 bits per heavy atom. The van der Waals surface area contributed by atoms with Crippen molar-refractivity contribution in [3.8, 4) is 11.4 Å². The maximum absolute atomic E-state index is 14.2. The Morgan fingerprint density at radius 1 is 1.12 bits per heavy atom. The highest BCUT2D eigenvalue weighted by molar-refractivity contribution is 9.10. The van der Waals surface area contributed by atoms with Crippen LogP contribution in [0.4, 0.5) is 0 Å². The third kappa shape index (κ3) is 5.36. The molecule has 9 heteroatoms. The first-order valence-electron chi connectivity index (χ1n) is 13.6. The first kappa shape index (κ1) is 28.8. The maximum atomic E-state index is 14.2. The number of nitrogens with zero attached hydrogens (tertiary/aromatic N) is 3. The van der Waals surface area contributed by atoms with Gasteiger partial charge in [-0.3, -0.25) is 9.36 Å². The fourth-order valence-electron chi connectivity index (χ4n) is 5.38. The summed E-state index contributed by atoms with van der Waals surface area (Å²) in [6, 6.07) is 17.1. The number of methoxy groups -OCH3 is 1. The van der Waals surface area contributed by atoms with Crippen molar-refractivity contribution in [1.82, 2.24) is 9.13 Å². The van der Waals surface area contributed by atoms with Crippen molar-refractivity contribution in [3.05, 3.63) is 113 Å². The fraction of sp³-hybridized carbons (Fsp3) is 0.281. The summed E-state index contributed by atoms with van der Waals surface area (Å²) >= 11 is 4.89. The van der Waals surface area contributed by atoms with Gasteiger partial charge in [0.1, 0.15) is 11.8 Å². The van der Waals surface area contributed by atoms with Crippen LogP contribution in [-0.4, -0.2) is 28.8 Å². The molecule has 7 nitrogen and oxygen atoms in total. The van der Waals surface area contributed by atoms with Gasteiger partial charge in [-0.1, -0.05) is 58.8 Å². The number of aromatic nitrogens is 2. The molecule has 2 aromatic heterocycles.